The van der Waals surface area contributed by atoms with Crippen LogP contribution in [0.5, 0.6) is 0 Å². The zero-order valence-corrected chi connectivity index (χ0v) is 7.41. The highest BCUT2D eigenvalue weighted by Gasteiger charge is 2.54. The summed E-state index contributed by atoms with van der Waals surface area (Å²) < 4.78 is 16.1. The van der Waals surface area contributed by atoms with Crippen LogP contribution in [0.4, 0.5) is 0 Å². The monoisotopic (exact) mass is 210 g/mol. The summed E-state index contributed by atoms with van der Waals surface area (Å²) in [6, 6.07) is -1.42. The molecular weight excluding hydrogens is 194 g/mol. The van der Waals surface area contributed by atoms with Crippen LogP contribution in [0.3, 0.4) is 0 Å². The molecule has 0 spiro atoms. The van der Waals surface area contributed by atoms with Crippen LogP contribution in [0.15, 0.2) is 0 Å². The molecule has 1 aliphatic heterocycles. The fourth-order valence-electron chi connectivity index (χ4n) is 1.33. The van der Waals surface area contributed by atoms with Crippen molar-refractivity contribution in [2.75, 3.05) is 13.7 Å². The lowest BCUT2D eigenvalue weighted by molar-refractivity contribution is -0.353. The second-order valence-electron chi connectivity index (χ2n) is 3.11. The average Bonchev–Trinajstić information content (AvgIpc) is 2.21. The first-order valence-electron chi connectivity index (χ1n) is 4.71. The molecule has 5 atom stereocenters. The van der Waals surface area contributed by atoms with Gasteiger partial charge in [-0.3, -0.25) is 0 Å². The minimum atomic E-state index is -2.30. The van der Waals surface area contributed by atoms with Gasteiger partial charge in [0.1, 0.15) is 18.2 Å². The minimum Gasteiger partial charge on any atom is -0.394 e. The van der Waals surface area contributed by atoms with Gasteiger partial charge in [-0.25, -0.2) is 0 Å². The first kappa shape index (κ1) is 10.2. The Hall–Kier alpha value is -0.280. The van der Waals surface area contributed by atoms with Crippen molar-refractivity contribution in [3.05, 3.63) is 0 Å². The molecule has 1 saturated heterocycles. The molecule has 1 heterocycles. The molecule has 7 nitrogen and oxygen atoms in total. The maximum Gasteiger partial charge on any atom is 0.215 e. The number of nitrogens with two attached hydrogens (primary N) is 1. The number of aliphatic hydroxyl groups excluding tert-OH is 3. The van der Waals surface area contributed by atoms with Gasteiger partial charge in [-0.15, -0.1) is 0 Å². The molecule has 0 radical (unpaired) electrons. The predicted molar refractivity (Wildman–Crippen MR) is 43.9 cm³/mol. The molecule has 0 bridgehead atoms. The lowest BCUT2D eigenvalue weighted by Crippen LogP contribution is -2.70. The Kier molecular flexibility index (Phi) is 2.98. The molecule has 0 aromatic heterocycles. The summed E-state index contributed by atoms with van der Waals surface area (Å²) in [6.07, 6.45) is -4.43. The van der Waals surface area contributed by atoms with Crippen molar-refractivity contribution in [3.8, 4) is 0 Å². The highest BCUT2D eigenvalue weighted by atomic mass is 16.7. The molecular formula is C7H15NO6. The van der Waals surface area contributed by atoms with Crippen molar-refractivity contribution in [1.29, 1.82) is 0 Å². The van der Waals surface area contributed by atoms with E-state index < -0.39 is 44.0 Å². The molecule has 1 unspecified atom stereocenters. The highest BCUT2D eigenvalue weighted by molar-refractivity contribution is 4.97. The van der Waals surface area contributed by atoms with Crippen LogP contribution in [-0.2, 0) is 9.47 Å². The van der Waals surface area contributed by atoms with Gasteiger partial charge < -0.3 is 35.6 Å². The number of methoxy groups -OCH3 is 1. The van der Waals surface area contributed by atoms with Crippen LogP contribution >= 0.6 is 0 Å². The molecule has 7 heteroatoms. The number of hydrogen-bond donors (Lipinski definition) is 5. The van der Waals surface area contributed by atoms with Crippen molar-refractivity contribution < 1.29 is 31.3 Å². The summed E-state index contributed by atoms with van der Waals surface area (Å²) in [5.41, 5.74) is 5.38. The second kappa shape index (κ2) is 4.07. The summed E-state index contributed by atoms with van der Waals surface area (Å²) in [5.74, 6) is -2.30. The van der Waals surface area contributed by atoms with E-state index in [1.54, 1.807) is 0 Å². The third-order valence-corrected chi connectivity index (χ3v) is 2.29. The van der Waals surface area contributed by atoms with Gasteiger partial charge >= 0.3 is 0 Å². The third-order valence-electron chi connectivity index (χ3n) is 2.29. The van der Waals surface area contributed by atoms with E-state index in [1.165, 1.54) is 0 Å². The number of hydrogen-bond acceptors (Lipinski definition) is 7. The number of ether oxygens (including phenoxy) is 2. The van der Waals surface area contributed by atoms with Gasteiger partial charge in [0, 0.05) is 7.09 Å². The molecule has 84 valence electrons. The Balaban J connectivity index is 2.88. The van der Waals surface area contributed by atoms with Gasteiger partial charge in [0.15, 0.2) is 6.29 Å². The van der Waals surface area contributed by atoms with Crippen molar-refractivity contribution >= 4 is 0 Å². The van der Waals surface area contributed by atoms with Crippen molar-refractivity contribution in [2.45, 2.75) is 30.3 Å². The molecule has 0 saturated carbocycles. The van der Waals surface area contributed by atoms with Gasteiger partial charge in [-0.1, -0.05) is 0 Å². The van der Waals surface area contributed by atoms with Crippen molar-refractivity contribution in [2.24, 2.45) is 5.73 Å². The minimum absolute atomic E-state index is 0.616. The van der Waals surface area contributed by atoms with Crippen LogP contribution < -0.4 is 5.73 Å². The van der Waals surface area contributed by atoms with Crippen molar-refractivity contribution in [1.82, 2.24) is 0 Å². The maximum absolute atomic E-state index is 9.81. The van der Waals surface area contributed by atoms with Crippen molar-refractivity contribution in [3.63, 3.8) is 0 Å². The smallest absolute Gasteiger partial charge is 0.215 e. The summed E-state index contributed by atoms with van der Waals surface area (Å²) in [4.78, 5) is 0. The first-order valence-corrected chi connectivity index (χ1v) is 4.01. The van der Waals surface area contributed by atoms with Crippen LogP contribution in [0.1, 0.15) is 1.37 Å². The van der Waals surface area contributed by atoms with E-state index in [0.717, 1.165) is 0 Å². The van der Waals surface area contributed by atoms with Gasteiger partial charge in [0.25, 0.3) is 0 Å². The van der Waals surface area contributed by atoms with Crippen LogP contribution in [0.25, 0.3) is 0 Å². The summed E-state index contributed by atoms with van der Waals surface area (Å²) in [6.45, 7) is -0.616. The van der Waals surface area contributed by atoms with E-state index in [0.29, 0.717) is 0 Å². The largest absolute Gasteiger partial charge is 0.394 e. The zero-order chi connectivity index (χ0) is 11.6. The molecule has 0 aromatic rings. The fraction of sp³-hybridized carbons (Fsp3) is 1.00. The van der Waals surface area contributed by atoms with E-state index in [-0.39, 0.29) is 0 Å². The lowest BCUT2D eigenvalue weighted by atomic mass is 9.93. The Morgan fingerprint density at radius 1 is 1.64 bits per heavy atom. The molecule has 1 aliphatic rings. The molecule has 0 aromatic carbocycles. The highest BCUT2D eigenvalue weighted by Crippen LogP contribution is 2.28. The topological polar surface area (TPSA) is 125 Å². The van der Waals surface area contributed by atoms with Gasteiger partial charge in [0.2, 0.25) is 5.79 Å². The van der Waals surface area contributed by atoms with Crippen LogP contribution in [0.2, 0.25) is 0 Å². The molecule has 6 N–H and O–H groups in total. The normalized spacial score (nSPS) is 50.2. The van der Waals surface area contributed by atoms with E-state index in [4.69, 9.17) is 16.9 Å². The Morgan fingerprint density at radius 2 is 2.29 bits per heavy atom. The average molecular weight is 210 g/mol. The predicted octanol–water partition coefficient (Wildman–Crippen LogP) is -3.28. The molecule has 1 rings (SSSR count). The quantitative estimate of drug-likeness (QED) is 0.302. The van der Waals surface area contributed by atoms with Crippen LogP contribution in [0, 0.1) is 0 Å². The van der Waals surface area contributed by atoms with E-state index in [2.05, 4.69) is 4.74 Å². The molecule has 0 amide bonds. The Morgan fingerprint density at radius 3 is 2.79 bits per heavy atom. The maximum atomic E-state index is 9.81. The first-order chi connectivity index (χ1) is 6.97. The third kappa shape index (κ3) is 1.63. The Bertz CT molecular complexity index is 220. The fourth-order valence-corrected chi connectivity index (χ4v) is 1.33. The molecule has 0 aliphatic carbocycles. The van der Waals surface area contributed by atoms with Crippen LogP contribution in [-0.4, -0.2) is 64.4 Å². The number of aliphatic hydroxyl groups is 4. The summed E-state index contributed by atoms with van der Waals surface area (Å²) in [5, 5.41) is 37.5. The molecule has 14 heavy (non-hydrogen) atoms. The SMILES string of the molecule is [2H]CO[C@]1(O)[C@H](O)[C@@H](CO)OC(O)[C@@H]1N. The van der Waals surface area contributed by atoms with Gasteiger partial charge in [-0.2, -0.15) is 0 Å². The number of rotatable bonds is 2. The lowest BCUT2D eigenvalue weighted by Gasteiger charge is -2.45. The summed E-state index contributed by atoms with van der Waals surface area (Å²) >= 11 is 0. The standard InChI is InChI=1S/C7H15NO6/c1-13-7(12)4(8)6(11)14-3(2-9)5(7)10/h3-6,9-12H,2,8H2,1H3/t3-,4+,5-,6?,7+/m1/s1/i1D. The zero-order valence-electron chi connectivity index (χ0n) is 8.41. The Labute approximate surface area is 82.1 Å². The van der Waals surface area contributed by atoms with Gasteiger partial charge in [0.05, 0.1) is 7.98 Å². The van der Waals surface area contributed by atoms with E-state index in [1.807, 2.05) is 0 Å². The van der Waals surface area contributed by atoms with E-state index in [9.17, 15) is 15.3 Å². The second-order valence-corrected chi connectivity index (χ2v) is 3.11. The summed E-state index contributed by atoms with van der Waals surface area (Å²) in [7, 11) is -0.647. The van der Waals surface area contributed by atoms with E-state index >= 15 is 0 Å². The molecule has 1 fully saturated rings. The van der Waals surface area contributed by atoms with Gasteiger partial charge in [-0.05, 0) is 0 Å².